The van der Waals surface area contributed by atoms with Crippen molar-refractivity contribution >= 4 is 57.9 Å². The maximum Gasteiger partial charge on any atom is 0.234 e. The quantitative estimate of drug-likeness (QED) is 0.331. The van der Waals surface area contributed by atoms with Crippen LogP contribution in [0.25, 0.3) is 16.4 Å². The van der Waals surface area contributed by atoms with Gasteiger partial charge in [-0.15, -0.1) is 21.5 Å². The number of aryl methyl sites for hydroxylation is 1. The van der Waals surface area contributed by atoms with E-state index in [2.05, 4.69) is 15.5 Å². The van der Waals surface area contributed by atoms with E-state index < -0.39 is 0 Å². The zero-order valence-corrected chi connectivity index (χ0v) is 18.9. The highest BCUT2D eigenvalue weighted by molar-refractivity contribution is 7.99. The third-order valence-electron chi connectivity index (χ3n) is 4.20. The molecule has 4 aromatic rings. The Morgan fingerprint density at radius 2 is 1.93 bits per heavy atom. The molecule has 0 bridgehead atoms. The summed E-state index contributed by atoms with van der Waals surface area (Å²) in [6, 6.07) is 17.0. The van der Waals surface area contributed by atoms with E-state index in [0.717, 1.165) is 22.0 Å². The summed E-state index contributed by atoms with van der Waals surface area (Å²) in [6.45, 7) is 2.04. The summed E-state index contributed by atoms with van der Waals surface area (Å²) in [5.41, 5.74) is 2.58. The number of nitrogens with one attached hydrogen (secondary N) is 1. The van der Waals surface area contributed by atoms with Gasteiger partial charge >= 0.3 is 0 Å². The lowest BCUT2D eigenvalue weighted by molar-refractivity contribution is -0.113. The maximum atomic E-state index is 12.5. The van der Waals surface area contributed by atoms with Gasteiger partial charge in [0.05, 0.1) is 21.3 Å². The molecule has 30 heavy (non-hydrogen) atoms. The number of thioether (sulfide) groups is 1. The highest BCUT2D eigenvalue weighted by Crippen LogP contribution is 2.31. The van der Waals surface area contributed by atoms with E-state index in [1.807, 2.05) is 53.3 Å². The van der Waals surface area contributed by atoms with Gasteiger partial charge in [-0.3, -0.25) is 9.36 Å². The van der Waals surface area contributed by atoms with Crippen molar-refractivity contribution in [3.8, 4) is 16.4 Å². The van der Waals surface area contributed by atoms with Crippen LogP contribution in [-0.2, 0) is 4.79 Å². The van der Waals surface area contributed by atoms with Crippen molar-refractivity contribution in [1.29, 1.82) is 0 Å². The minimum absolute atomic E-state index is 0.150. The van der Waals surface area contributed by atoms with Gasteiger partial charge in [0.1, 0.15) is 0 Å². The maximum absolute atomic E-state index is 12.5. The van der Waals surface area contributed by atoms with Gasteiger partial charge < -0.3 is 5.32 Å². The van der Waals surface area contributed by atoms with E-state index in [-0.39, 0.29) is 11.7 Å². The van der Waals surface area contributed by atoms with Gasteiger partial charge in [-0.2, -0.15) is 0 Å². The zero-order valence-electron chi connectivity index (χ0n) is 15.8. The molecule has 0 aliphatic heterocycles. The summed E-state index contributed by atoms with van der Waals surface area (Å²) in [5, 5.41) is 15.1. The molecule has 0 unspecified atom stereocenters. The van der Waals surface area contributed by atoms with Crippen molar-refractivity contribution in [2.45, 2.75) is 12.1 Å². The number of aromatic nitrogens is 3. The van der Waals surface area contributed by atoms with E-state index in [0.29, 0.717) is 20.9 Å². The number of carbonyl (C=O) groups is 1. The SMILES string of the molecule is Cc1ccc(-n2c(SCC(=O)Nc3cc(Cl)ccc3Cl)nnc2-c2cccs2)cc1. The Morgan fingerprint density at radius 3 is 2.67 bits per heavy atom. The molecule has 0 saturated carbocycles. The first-order chi connectivity index (χ1) is 14.5. The summed E-state index contributed by atoms with van der Waals surface area (Å²) in [7, 11) is 0. The molecule has 0 aliphatic carbocycles. The summed E-state index contributed by atoms with van der Waals surface area (Å²) < 4.78 is 1.97. The minimum atomic E-state index is -0.208. The van der Waals surface area contributed by atoms with Gasteiger partial charge in [0.2, 0.25) is 5.91 Å². The number of carbonyl (C=O) groups excluding carboxylic acids is 1. The second kappa shape index (κ2) is 9.22. The monoisotopic (exact) mass is 474 g/mol. The molecular formula is C21H16Cl2N4OS2. The van der Waals surface area contributed by atoms with Crippen LogP contribution in [0.2, 0.25) is 10.0 Å². The molecule has 2 aromatic carbocycles. The molecule has 5 nitrogen and oxygen atoms in total. The first kappa shape index (κ1) is 20.9. The van der Waals surface area contributed by atoms with Crippen molar-refractivity contribution in [1.82, 2.24) is 14.8 Å². The molecule has 2 aromatic heterocycles. The van der Waals surface area contributed by atoms with Gasteiger partial charge in [0, 0.05) is 10.7 Å². The first-order valence-corrected chi connectivity index (χ1v) is 11.6. The topological polar surface area (TPSA) is 59.8 Å². The Bertz CT molecular complexity index is 1170. The molecule has 0 radical (unpaired) electrons. The van der Waals surface area contributed by atoms with Crippen LogP contribution in [0.4, 0.5) is 5.69 Å². The third-order valence-corrected chi connectivity index (χ3v) is 6.56. The third kappa shape index (κ3) is 4.70. The van der Waals surface area contributed by atoms with E-state index in [9.17, 15) is 4.79 Å². The Balaban J connectivity index is 1.57. The predicted molar refractivity (Wildman–Crippen MR) is 125 cm³/mol. The Kier molecular flexibility index (Phi) is 6.43. The van der Waals surface area contributed by atoms with Crippen LogP contribution >= 0.6 is 46.3 Å². The summed E-state index contributed by atoms with van der Waals surface area (Å²) in [4.78, 5) is 13.5. The van der Waals surface area contributed by atoms with Crippen molar-refractivity contribution in [3.05, 3.63) is 75.6 Å². The van der Waals surface area contributed by atoms with Gasteiger partial charge in [0.15, 0.2) is 11.0 Å². The fraction of sp³-hybridized carbons (Fsp3) is 0.0952. The molecule has 0 fully saturated rings. The standard InChI is InChI=1S/C21H16Cl2N4OS2/c1-13-4-7-15(8-5-13)27-20(18-3-2-10-29-18)25-26-21(27)30-12-19(28)24-17-11-14(22)6-9-16(17)23/h2-11H,12H2,1H3,(H,24,28). The van der Waals surface area contributed by atoms with Crippen molar-refractivity contribution < 1.29 is 4.79 Å². The number of thiophene rings is 1. The summed E-state index contributed by atoms with van der Waals surface area (Å²) in [6.07, 6.45) is 0. The summed E-state index contributed by atoms with van der Waals surface area (Å²) >= 11 is 15.0. The van der Waals surface area contributed by atoms with Crippen LogP contribution in [-0.4, -0.2) is 26.4 Å². The van der Waals surface area contributed by atoms with Crippen LogP contribution in [0.15, 0.2) is 65.1 Å². The van der Waals surface area contributed by atoms with Crippen LogP contribution in [0, 0.1) is 6.92 Å². The highest BCUT2D eigenvalue weighted by atomic mass is 35.5. The summed E-state index contributed by atoms with van der Waals surface area (Å²) in [5.74, 6) is 0.687. The number of anilines is 1. The molecule has 0 atom stereocenters. The van der Waals surface area contributed by atoms with E-state index in [1.54, 1.807) is 29.5 Å². The smallest absolute Gasteiger partial charge is 0.234 e. The van der Waals surface area contributed by atoms with Crippen LogP contribution in [0.3, 0.4) is 0 Å². The lowest BCUT2D eigenvalue weighted by atomic mass is 10.2. The molecular weight excluding hydrogens is 459 g/mol. The molecule has 0 saturated heterocycles. The van der Waals surface area contributed by atoms with E-state index in [4.69, 9.17) is 23.2 Å². The fourth-order valence-electron chi connectivity index (χ4n) is 2.77. The molecule has 1 amide bonds. The lowest BCUT2D eigenvalue weighted by Gasteiger charge is -2.10. The molecule has 2 heterocycles. The predicted octanol–water partition coefficient (Wildman–Crippen LogP) is 6.34. The molecule has 9 heteroatoms. The van der Waals surface area contributed by atoms with Gasteiger partial charge in [-0.1, -0.05) is 58.7 Å². The number of rotatable bonds is 6. The van der Waals surface area contributed by atoms with Crippen LogP contribution < -0.4 is 5.32 Å². The van der Waals surface area contributed by atoms with E-state index >= 15 is 0 Å². The van der Waals surface area contributed by atoms with Crippen LogP contribution in [0.1, 0.15) is 5.56 Å². The Morgan fingerprint density at radius 1 is 1.13 bits per heavy atom. The van der Waals surface area contributed by atoms with Gasteiger partial charge in [0.25, 0.3) is 0 Å². The molecule has 1 N–H and O–H groups in total. The Hall–Kier alpha value is -2.32. The average Bonchev–Trinajstić information content (AvgIpc) is 3.39. The molecule has 0 spiro atoms. The highest BCUT2D eigenvalue weighted by Gasteiger charge is 2.18. The largest absolute Gasteiger partial charge is 0.324 e. The Labute approximate surface area is 192 Å². The zero-order chi connectivity index (χ0) is 21.1. The lowest BCUT2D eigenvalue weighted by Crippen LogP contribution is -2.15. The number of nitrogens with zero attached hydrogens (tertiary/aromatic N) is 3. The van der Waals surface area contributed by atoms with Crippen LogP contribution in [0.5, 0.6) is 0 Å². The number of hydrogen-bond donors (Lipinski definition) is 1. The number of benzene rings is 2. The van der Waals surface area contributed by atoms with Gasteiger partial charge in [-0.25, -0.2) is 0 Å². The number of halogens is 2. The minimum Gasteiger partial charge on any atom is -0.324 e. The van der Waals surface area contributed by atoms with Crippen molar-refractivity contribution in [2.24, 2.45) is 0 Å². The molecule has 0 aliphatic rings. The second-order valence-electron chi connectivity index (χ2n) is 6.42. The average molecular weight is 475 g/mol. The number of amides is 1. The van der Waals surface area contributed by atoms with Crippen molar-refractivity contribution in [2.75, 3.05) is 11.1 Å². The first-order valence-electron chi connectivity index (χ1n) is 8.95. The second-order valence-corrected chi connectivity index (χ2v) is 9.15. The number of hydrogen-bond acceptors (Lipinski definition) is 5. The molecule has 4 rings (SSSR count). The van der Waals surface area contributed by atoms with Gasteiger partial charge in [-0.05, 0) is 48.7 Å². The van der Waals surface area contributed by atoms with E-state index in [1.165, 1.54) is 11.8 Å². The molecule has 152 valence electrons. The van der Waals surface area contributed by atoms with Crippen molar-refractivity contribution in [3.63, 3.8) is 0 Å². The fourth-order valence-corrected chi connectivity index (χ4v) is 4.55. The normalized spacial score (nSPS) is 10.9.